The monoisotopic (exact) mass is 465 g/mol. The number of nitrogens with one attached hydrogen (secondary N) is 1. The van der Waals surface area contributed by atoms with Crippen molar-refractivity contribution in [2.24, 2.45) is 10.4 Å². The van der Waals surface area contributed by atoms with E-state index in [1.807, 2.05) is 12.3 Å². The quantitative estimate of drug-likeness (QED) is 0.138. The Balaban J connectivity index is 2.02. The number of rotatable bonds is 12. The molecule has 1 N–H and O–H groups in total. The van der Waals surface area contributed by atoms with Gasteiger partial charge in [-0.3, -0.25) is 4.99 Å². The molecule has 34 heavy (non-hydrogen) atoms. The lowest BCUT2D eigenvalue weighted by Gasteiger charge is -2.36. The van der Waals surface area contributed by atoms with E-state index in [2.05, 4.69) is 68.1 Å². The first-order valence-electron chi connectivity index (χ1n) is 13.7. The Morgan fingerprint density at radius 1 is 1.15 bits per heavy atom. The molecule has 0 bridgehead atoms. The van der Waals surface area contributed by atoms with Crippen molar-refractivity contribution in [3.05, 3.63) is 60.4 Å². The Kier molecular flexibility index (Phi) is 12.7. The molecule has 0 radical (unpaired) electrons. The van der Waals surface area contributed by atoms with Crippen LogP contribution in [0.25, 0.3) is 0 Å². The Morgan fingerprint density at radius 3 is 2.56 bits per heavy atom. The van der Waals surface area contributed by atoms with Crippen LogP contribution in [0.4, 0.5) is 0 Å². The van der Waals surface area contributed by atoms with Crippen LogP contribution in [0.15, 0.2) is 65.4 Å². The van der Waals surface area contributed by atoms with Crippen molar-refractivity contribution in [3.63, 3.8) is 0 Å². The van der Waals surface area contributed by atoms with Gasteiger partial charge in [-0.25, -0.2) is 0 Å². The van der Waals surface area contributed by atoms with E-state index in [1.54, 1.807) is 0 Å². The molecule has 3 heteroatoms. The second-order valence-corrected chi connectivity index (χ2v) is 10.7. The first kappa shape index (κ1) is 28.4. The minimum atomic E-state index is 0.0259. The van der Waals surface area contributed by atoms with Crippen molar-refractivity contribution >= 4 is 6.21 Å². The third kappa shape index (κ3) is 9.41. The summed E-state index contributed by atoms with van der Waals surface area (Å²) in [5.74, 6) is 0. The second kappa shape index (κ2) is 15.2. The maximum atomic E-state index is 4.67. The minimum absolute atomic E-state index is 0.0259. The smallest absolute Gasteiger partial charge is 0.0389 e. The van der Waals surface area contributed by atoms with Gasteiger partial charge in [0.1, 0.15) is 0 Å². The number of piperidine rings is 1. The van der Waals surface area contributed by atoms with E-state index in [9.17, 15) is 0 Å². The predicted molar refractivity (Wildman–Crippen MR) is 152 cm³/mol. The van der Waals surface area contributed by atoms with Crippen LogP contribution in [0, 0.1) is 5.41 Å². The number of hydrogen-bond donors (Lipinski definition) is 1. The third-order valence-electron chi connectivity index (χ3n) is 7.67. The maximum Gasteiger partial charge on any atom is 0.0389 e. The van der Waals surface area contributed by atoms with Gasteiger partial charge in [0, 0.05) is 32.0 Å². The summed E-state index contributed by atoms with van der Waals surface area (Å²) in [6, 6.07) is 0.619. The highest BCUT2D eigenvalue weighted by Gasteiger charge is 2.30. The van der Waals surface area contributed by atoms with Crippen LogP contribution in [-0.4, -0.2) is 43.8 Å². The summed E-state index contributed by atoms with van der Waals surface area (Å²) >= 11 is 0. The maximum absolute atomic E-state index is 4.67. The van der Waals surface area contributed by atoms with Gasteiger partial charge < -0.3 is 10.2 Å². The largest absolute Gasteiger partial charge is 0.377 e. The highest BCUT2D eigenvalue weighted by molar-refractivity contribution is 5.73. The van der Waals surface area contributed by atoms with Gasteiger partial charge in [0.05, 0.1) is 0 Å². The molecule has 1 aliphatic heterocycles. The molecule has 3 nitrogen and oxygen atoms in total. The molecule has 0 aromatic rings. The molecule has 2 rings (SSSR count). The molecule has 2 aliphatic rings. The molecular formula is C31H51N3. The molecule has 1 heterocycles. The molecule has 2 fully saturated rings. The van der Waals surface area contributed by atoms with Gasteiger partial charge >= 0.3 is 0 Å². The summed E-state index contributed by atoms with van der Waals surface area (Å²) in [7, 11) is 2.23. The summed E-state index contributed by atoms with van der Waals surface area (Å²) in [6.45, 7) is 20.8. The predicted octanol–water partition coefficient (Wildman–Crippen LogP) is 7.79. The van der Waals surface area contributed by atoms with Crippen molar-refractivity contribution in [2.45, 2.75) is 96.9 Å². The number of allylic oxidation sites excluding steroid dienone is 6. The van der Waals surface area contributed by atoms with Crippen LogP contribution in [0.5, 0.6) is 0 Å². The zero-order valence-corrected chi connectivity index (χ0v) is 22.5. The summed E-state index contributed by atoms with van der Waals surface area (Å²) in [4.78, 5) is 7.11. The normalized spacial score (nSPS) is 24.4. The van der Waals surface area contributed by atoms with E-state index in [1.165, 1.54) is 73.7 Å². The fraction of sp³-hybridized carbons (Fsp3) is 0.645. The molecule has 0 spiro atoms. The topological polar surface area (TPSA) is 27.6 Å². The fourth-order valence-electron chi connectivity index (χ4n) is 5.38. The van der Waals surface area contributed by atoms with Crippen LogP contribution in [-0.2, 0) is 0 Å². The number of aliphatic imine (C=N–C) groups is 1. The van der Waals surface area contributed by atoms with Crippen molar-refractivity contribution in [1.82, 2.24) is 10.2 Å². The molecule has 1 aliphatic carbocycles. The van der Waals surface area contributed by atoms with Crippen molar-refractivity contribution in [1.29, 1.82) is 0 Å². The second-order valence-electron chi connectivity index (χ2n) is 10.7. The average molecular weight is 466 g/mol. The molecule has 1 saturated heterocycles. The summed E-state index contributed by atoms with van der Waals surface area (Å²) in [5, 5.41) is 3.47. The van der Waals surface area contributed by atoms with Crippen molar-refractivity contribution < 1.29 is 0 Å². The van der Waals surface area contributed by atoms with Crippen LogP contribution in [0.1, 0.15) is 90.9 Å². The van der Waals surface area contributed by atoms with Crippen molar-refractivity contribution in [3.8, 4) is 0 Å². The van der Waals surface area contributed by atoms with Crippen molar-refractivity contribution in [2.75, 3.05) is 26.7 Å². The lowest BCUT2D eigenvalue weighted by molar-refractivity contribution is 0.261. The van der Waals surface area contributed by atoms with E-state index in [0.717, 1.165) is 45.3 Å². The Morgan fingerprint density at radius 2 is 1.85 bits per heavy atom. The lowest BCUT2D eigenvalue weighted by Crippen LogP contribution is -2.39. The Hall–Kier alpha value is -1.87. The first-order valence-corrected chi connectivity index (χ1v) is 13.7. The van der Waals surface area contributed by atoms with Gasteiger partial charge in [-0.15, -0.1) is 0 Å². The Labute approximate surface area is 210 Å². The molecule has 1 atom stereocenters. The molecule has 0 amide bonds. The van der Waals surface area contributed by atoms with E-state index >= 15 is 0 Å². The molecule has 1 unspecified atom stereocenters. The SMILES string of the molecule is C=C/C(=C\C=N/CCCCCCCC)C1(C)CC/C(=C/N(C)C2CCNCC2)C(=C)CC(=C)C1. The van der Waals surface area contributed by atoms with Gasteiger partial charge in [-0.2, -0.15) is 0 Å². The summed E-state index contributed by atoms with van der Waals surface area (Å²) in [5.41, 5.74) is 5.18. The molecular weight excluding hydrogens is 414 g/mol. The number of hydrogen-bond acceptors (Lipinski definition) is 3. The first-order chi connectivity index (χ1) is 16.4. The zero-order chi connectivity index (χ0) is 24.8. The van der Waals surface area contributed by atoms with Gasteiger partial charge in [-0.1, -0.05) is 77.3 Å². The van der Waals surface area contributed by atoms with E-state index < -0.39 is 0 Å². The van der Waals surface area contributed by atoms with Gasteiger partial charge in [0.15, 0.2) is 0 Å². The van der Waals surface area contributed by atoms with Crippen LogP contribution < -0.4 is 5.32 Å². The highest BCUT2D eigenvalue weighted by Crippen LogP contribution is 2.44. The molecule has 1 saturated carbocycles. The van der Waals surface area contributed by atoms with Crippen LogP contribution >= 0.6 is 0 Å². The Bertz CT molecular complexity index is 751. The molecule has 190 valence electrons. The standard InChI is InChI=1S/C31H51N3/c1-7-9-10-11-12-13-19-32-20-15-29(8-2)31(5)18-14-28(27(4)23-26(3)24-31)25-34(6)30-16-21-33-22-17-30/h8,15,20,25,30,33H,2-4,7,9-14,16-19,21-24H2,1,5-6H3/b28-25-,29-15+,32-20-. The van der Waals surface area contributed by atoms with E-state index in [4.69, 9.17) is 0 Å². The van der Waals surface area contributed by atoms with Crippen LogP contribution in [0.3, 0.4) is 0 Å². The zero-order valence-electron chi connectivity index (χ0n) is 22.5. The number of unbranched alkanes of at least 4 members (excludes halogenated alkanes) is 5. The van der Waals surface area contributed by atoms with E-state index in [0.29, 0.717) is 6.04 Å². The minimum Gasteiger partial charge on any atom is -0.377 e. The van der Waals surface area contributed by atoms with Gasteiger partial charge in [0.25, 0.3) is 0 Å². The molecule has 0 aromatic heterocycles. The highest BCUT2D eigenvalue weighted by atomic mass is 15.1. The fourth-order valence-corrected chi connectivity index (χ4v) is 5.38. The third-order valence-corrected chi connectivity index (χ3v) is 7.67. The summed E-state index contributed by atoms with van der Waals surface area (Å²) in [6.07, 6.45) is 22.8. The number of nitrogens with zero attached hydrogens (tertiary/aromatic N) is 2. The summed E-state index contributed by atoms with van der Waals surface area (Å²) < 4.78 is 0. The average Bonchev–Trinajstić information content (AvgIpc) is 2.82. The van der Waals surface area contributed by atoms with E-state index in [-0.39, 0.29) is 5.41 Å². The molecule has 0 aromatic carbocycles. The lowest BCUT2D eigenvalue weighted by atomic mass is 9.70. The van der Waals surface area contributed by atoms with Gasteiger partial charge in [0.2, 0.25) is 0 Å². The van der Waals surface area contributed by atoms with Crippen LogP contribution in [0.2, 0.25) is 0 Å². The van der Waals surface area contributed by atoms with Gasteiger partial charge in [-0.05, 0) is 86.2 Å².